The molecule has 2 aromatic carbocycles. The second-order valence-corrected chi connectivity index (χ2v) is 8.48. The van der Waals surface area contributed by atoms with Crippen molar-refractivity contribution >= 4 is 34.1 Å². The first-order chi connectivity index (χ1) is 13.7. The number of ether oxygens (including phenoxy) is 1. The summed E-state index contributed by atoms with van der Waals surface area (Å²) in [6, 6.07) is 11.9. The van der Waals surface area contributed by atoms with E-state index in [4.69, 9.17) is 10.5 Å². The van der Waals surface area contributed by atoms with Gasteiger partial charge in [-0.1, -0.05) is 30.3 Å². The van der Waals surface area contributed by atoms with Crippen molar-refractivity contribution in [2.24, 2.45) is 5.73 Å². The van der Waals surface area contributed by atoms with Gasteiger partial charge in [0, 0.05) is 31.6 Å². The summed E-state index contributed by atoms with van der Waals surface area (Å²) in [4.78, 5) is 30.7. The number of nitrogens with zero attached hydrogens (tertiary/aromatic N) is 3. The second kappa shape index (κ2) is 8.29. The van der Waals surface area contributed by atoms with Crippen molar-refractivity contribution in [2.45, 2.75) is 26.4 Å². The van der Waals surface area contributed by atoms with Gasteiger partial charge in [0.25, 0.3) is 0 Å². The monoisotopic (exact) mass is 398 g/mol. The molecule has 1 aliphatic rings. The van der Waals surface area contributed by atoms with Crippen LogP contribution in [0.3, 0.4) is 0 Å². The molecule has 0 atom stereocenters. The molecule has 0 unspecified atom stereocenters. The number of carbonyl (C=O) groups excluding carboxylic acids is 2. The van der Waals surface area contributed by atoms with Crippen molar-refractivity contribution in [3.63, 3.8) is 0 Å². The molecule has 7 heteroatoms. The van der Waals surface area contributed by atoms with Crippen LogP contribution in [0, 0.1) is 0 Å². The predicted molar refractivity (Wildman–Crippen MR) is 116 cm³/mol. The number of amides is 2. The quantitative estimate of drug-likeness (QED) is 0.857. The fourth-order valence-electron chi connectivity index (χ4n) is 3.54. The van der Waals surface area contributed by atoms with Crippen molar-refractivity contribution < 1.29 is 14.3 Å². The molecule has 3 rings (SSSR count). The smallest absolute Gasteiger partial charge is 0.415 e. The van der Waals surface area contributed by atoms with Gasteiger partial charge in [0.15, 0.2) is 0 Å². The lowest BCUT2D eigenvalue weighted by Gasteiger charge is -2.37. The van der Waals surface area contributed by atoms with Crippen LogP contribution in [0.5, 0.6) is 0 Å². The second-order valence-electron chi connectivity index (χ2n) is 8.48. The lowest BCUT2D eigenvalue weighted by atomic mass is 10.0. The Morgan fingerprint density at radius 1 is 1.07 bits per heavy atom. The van der Waals surface area contributed by atoms with Gasteiger partial charge in [0.2, 0.25) is 5.91 Å². The number of hydrogen-bond acceptors (Lipinski definition) is 5. The van der Waals surface area contributed by atoms with E-state index in [0.717, 1.165) is 42.6 Å². The number of benzene rings is 2. The van der Waals surface area contributed by atoms with E-state index < -0.39 is 17.6 Å². The Kier molecular flexibility index (Phi) is 5.98. The molecule has 2 aromatic rings. The maximum Gasteiger partial charge on any atom is 0.415 e. The number of primary amides is 1. The highest BCUT2D eigenvalue weighted by atomic mass is 16.6. The number of carbonyl (C=O) groups is 2. The number of fused-ring (bicyclic) bond motifs is 1. The third-order valence-electron chi connectivity index (χ3n) is 4.92. The van der Waals surface area contributed by atoms with E-state index in [9.17, 15) is 9.59 Å². The summed E-state index contributed by atoms with van der Waals surface area (Å²) in [6.07, 6.45) is -0.582. The largest absolute Gasteiger partial charge is 0.443 e. The molecule has 0 bridgehead atoms. The van der Waals surface area contributed by atoms with Crippen molar-refractivity contribution in [2.75, 3.05) is 49.6 Å². The number of piperazine rings is 1. The zero-order valence-electron chi connectivity index (χ0n) is 17.6. The molecular weight excluding hydrogens is 368 g/mol. The predicted octanol–water partition coefficient (Wildman–Crippen LogP) is 2.82. The molecule has 0 aliphatic carbocycles. The Hall–Kier alpha value is -2.80. The fourth-order valence-corrected chi connectivity index (χ4v) is 3.54. The van der Waals surface area contributed by atoms with E-state index in [0.29, 0.717) is 5.69 Å². The summed E-state index contributed by atoms with van der Waals surface area (Å²) in [6.45, 7) is 8.66. The topological polar surface area (TPSA) is 79.1 Å². The van der Waals surface area contributed by atoms with Gasteiger partial charge < -0.3 is 20.3 Å². The molecule has 0 radical (unpaired) electrons. The van der Waals surface area contributed by atoms with Crippen molar-refractivity contribution in [3.05, 3.63) is 36.4 Å². The highest BCUT2D eigenvalue weighted by Crippen LogP contribution is 2.38. The van der Waals surface area contributed by atoms with Crippen LogP contribution in [0.15, 0.2) is 36.4 Å². The SMILES string of the molecule is CN1CCN(c2c(N(CC(N)=O)C(=O)OC(C)(C)C)ccc3ccccc23)CC1. The number of rotatable bonds is 4. The molecule has 2 N–H and O–H groups in total. The van der Waals surface area contributed by atoms with E-state index in [-0.39, 0.29) is 6.54 Å². The van der Waals surface area contributed by atoms with Gasteiger partial charge in [-0.15, -0.1) is 0 Å². The Labute approximate surface area is 172 Å². The summed E-state index contributed by atoms with van der Waals surface area (Å²) in [7, 11) is 2.10. The lowest BCUT2D eigenvalue weighted by molar-refractivity contribution is -0.116. The zero-order valence-corrected chi connectivity index (χ0v) is 17.6. The number of anilines is 2. The Bertz CT molecular complexity index is 899. The van der Waals surface area contributed by atoms with E-state index in [1.165, 1.54) is 4.90 Å². The van der Waals surface area contributed by atoms with Crippen LogP contribution in [0.25, 0.3) is 10.8 Å². The summed E-state index contributed by atoms with van der Waals surface area (Å²) < 4.78 is 5.58. The van der Waals surface area contributed by atoms with Crippen molar-refractivity contribution in [1.82, 2.24) is 4.90 Å². The van der Waals surface area contributed by atoms with Gasteiger partial charge in [0.05, 0.1) is 11.4 Å². The van der Waals surface area contributed by atoms with Crippen molar-refractivity contribution in [3.8, 4) is 0 Å². The molecule has 0 saturated carbocycles. The van der Waals surface area contributed by atoms with Gasteiger partial charge in [-0.2, -0.15) is 0 Å². The first-order valence-electron chi connectivity index (χ1n) is 9.90. The Balaban J connectivity index is 2.13. The first kappa shape index (κ1) is 20.9. The maximum absolute atomic E-state index is 13.0. The van der Waals surface area contributed by atoms with Crippen LogP contribution in [0.1, 0.15) is 20.8 Å². The Morgan fingerprint density at radius 3 is 2.34 bits per heavy atom. The maximum atomic E-state index is 13.0. The van der Waals surface area contributed by atoms with Crippen LogP contribution in [-0.2, 0) is 9.53 Å². The molecule has 7 nitrogen and oxygen atoms in total. The highest BCUT2D eigenvalue weighted by molar-refractivity contribution is 6.06. The molecule has 1 saturated heterocycles. The first-order valence-corrected chi connectivity index (χ1v) is 9.90. The van der Waals surface area contributed by atoms with Crippen LogP contribution in [0.4, 0.5) is 16.2 Å². The average molecular weight is 399 g/mol. The van der Waals surface area contributed by atoms with Crippen LogP contribution in [0.2, 0.25) is 0 Å². The standard InChI is InChI=1S/C22H30N4O3/c1-22(2,3)29-21(28)26(15-19(23)27)18-10-9-16-7-5-6-8-17(16)20(18)25-13-11-24(4)12-14-25/h5-10H,11-15H2,1-4H3,(H2,23,27). The average Bonchev–Trinajstić information content (AvgIpc) is 2.64. The van der Waals surface area contributed by atoms with Gasteiger partial charge in [-0.3, -0.25) is 9.69 Å². The molecule has 156 valence electrons. The minimum absolute atomic E-state index is 0.242. The number of hydrogen-bond donors (Lipinski definition) is 1. The van der Waals surface area contributed by atoms with Crippen LogP contribution < -0.4 is 15.5 Å². The van der Waals surface area contributed by atoms with Gasteiger partial charge >= 0.3 is 6.09 Å². The minimum Gasteiger partial charge on any atom is -0.443 e. The third kappa shape index (κ3) is 4.98. The van der Waals surface area contributed by atoms with E-state index >= 15 is 0 Å². The summed E-state index contributed by atoms with van der Waals surface area (Å²) >= 11 is 0. The molecule has 1 heterocycles. The van der Waals surface area contributed by atoms with Crippen LogP contribution in [-0.4, -0.2) is 62.3 Å². The molecule has 2 amide bonds. The molecule has 1 aliphatic heterocycles. The van der Waals surface area contributed by atoms with Crippen LogP contribution >= 0.6 is 0 Å². The summed E-state index contributed by atoms with van der Waals surface area (Å²) in [5.74, 6) is -0.589. The van der Waals surface area contributed by atoms with E-state index in [1.54, 1.807) is 20.8 Å². The zero-order chi connectivity index (χ0) is 21.2. The molecular formula is C22H30N4O3. The number of nitrogens with two attached hydrogens (primary N) is 1. The van der Waals surface area contributed by atoms with Gasteiger partial charge in [-0.05, 0) is 39.3 Å². The number of likely N-dealkylation sites (N-methyl/N-ethyl adjacent to an activating group) is 1. The van der Waals surface area contributed by atoms with Gasteiger partial charge in [0.1, 0.15) is 12.1 Å². The minimum atomic E-state index is -0.683. The van der Waals surface area contributed by atoms with Gasteiger partial charge in [-0.25, -0.2) is 4.79 Å². The molecule has 29 heavy (non-hydrogen) atoms. The molecule has 1 fully saturated rings. The fraction of sp³-hybridized carbons (Fsp3) is 0.455. The molecule has 0 aromatic heterocycles. The third-order valence-corrected chi connectivity index (χ3v) is 4.92. The lowest BCUT2D eigenvalue weighted by Crippen LogP contribution is -2.46. The Morgan fingerprint density at radius 2 is 1.72 bits per heavy atom. The summed E-state index contributed by atoms with van der Waals surface area (Å²) in [5, 5.41) is 2.11. The molecule has 0 spiro atoms. The summed E-state index contributed by atoms with van der Waals surface area (Å²) in [5.41, 5.74) is 6.37. The van der Waals surface area contributed by atoms with Crippen molar-refractivity contribution in [1.29, 1.82) is 0 Å². The highest BCUT2D eigenvalue weighted by Gasteiger charge is 2.29. The normalized spacial score (nSPS) is 15.4. The van der Waals surface area contributed by atoms with E-state index in [2.05, 4.69) is 16.8 Å². The van der Waals surface area contributed by atoms with E-state index in [1.807, 2.05) is 36.4 Å².